The van der Waals surface area contributed by atoms with Crippen LogP contribution in [-0.4, -0.2) is 21.9 Å². The molecule has 0 aliphatic carbocycles. The van der Waals surface area contributed by atoms with Gasteiger partial charge in [0.25, 0.3) is 0 Å². The minimum atomic E-state index is 0.864. The summed E-state index contributed by atoms with van der Waals surface area (Å²) in [7, 11) is 2.09. The van der Waals surface area contributed by atoms with Gasteiger partial charge in [-0.3, -0.25) is 14.9 Å². The Morgan fingerprint density at radius 2 is 1.81 bits per heavy atom. The van der Waals surface area contributed by atoms with Gasteiger partial charge >= 0.3 is 0 Å². The Labute approximate surface area is 95.8 Å². The van der Waals surface area contributed by atoms with Gasteiger partial charge in [0.1, 0.15) is 0 Å². The van der Waals surface area contributed by atoms with Crippen LogP contribution in [0.15, 0.2) is 48.9 Å². The van der Waals surface area contributed by atoms with Gasteiger partial charge in [0.05, 0.1) is 5.69 Å². The van der Waals surface area contributed by atoms with Crippen molar-refractivity contribution in [1.82, 2.24) is 14.9 Å². The summed E-state index contributed by atoms with van der Waals surface area (Å²) >= 11 is 0. The highest BCUT2D eigenvalue weighted by Crippen LogP contribution is 2.04. The minimum Gasteiger partial charge on any atom is -0.296 e. The third kappa shape index (κ3) is 3.14. The van der Waals surface area contributed by atoms with Gasteiger partial charge in [-0.2, -0.15) is 0 Å². The van der Waals surface area contributed by atoms with Crippen molar-refractivity contribution in [2.45, 2.75) is 13.1 Å². The van der Waals surface area contributed by atoms with Crippen LogP contribution in [-0.2, 0) is 13.1 Å². The van der Waals surface area contributed by atoms with E-state index in [1.54, 1.807) is 0 Å². The highest BCUT2D eigenvalue weighted by molar-refractivity contribution is 5.10. The van der Waals surface area contributed by atoms with Gasteiger partial charge < -0.3 is 0 Å². The maximum atomic E-state index is 4.31. The van der Waals surface area contributed by atoms with Gasteiger partial charge in [0, 0.05) is 31.7 Å². The number of rotatable bonds is 4. The lowest BCUT2D eigenvalue weighted by Crippen LogP contribution is -2.17. The van der Waals surface area contributed by atoms with Crippen LogP contribution in [0.4, 0.5) is 0 Å². The maximum absolute atomic E-state index is 4.31. The van der Waals surface area contributed by atoms with Crippen LogP contribution in [0.25, 0.3) is 0 Å². The van der Waals surface area contributed by atoms with Crippen LogP contribution in [0, 0.1) is 0 Å². The fourth-order valence-electron chi connectivity index (χ4n) is 1.62. The molecule has 0 spiro atoms. The second kappa shape index (κ2) is 5.37. The van der Waals surface area contributed by atoms with E-state index >= 15 is 0 Å². The monoisotopic (exact) mass is 213 g/mol. The molecule has 16 heavy (non-hydrogen) atoms. The third-order valence-corrected chi connectivity index (χ3v) is 2.36. The van der Waals surface area contributed by atoms with Gasteiger partial charge in [-0.05, 0) is 36.9 Å². The summed E-state index contributed by atoms with van der Waals surface area (Å²) in [4.78, 5) is 10.5. The Kier molecular flexibility index (Phi) is 3.62. The van der Waals surface area contributed by atoms with Crippen molar-refractivity contribution < 1.29 is 0 Å². The number of aromatic nitrogens is 2. The minimum absolute atomic E-state index is 0.864. The average Bonchev–Trinajstić information content (AvgIpc) is 2.31. The van der Waals surface area contributed by atoms with Gasteiger partial charge in [-0.15, -0.1) is 0 Å². The first kappa shape index (κ1) is 10.8. The fourth-order valence-corrected chi connectivity index (χ4v) is 1.62. The summed E-state index contributed by atoms with van der Waals surface area (Å²) in [6.07, 6.45) is 5.48. The second-order valence-corrected chi connectivity index (χ2v) is 3.85. The molecule has 0 saturated carbocycles. The molecule has 2 aromatic rings. The largest absolute Gasteiger partial charge is 0.296 e. The van der Waals surface area contributed by atoms with Crippen molar-refractivity contribution in [2.75, 3.05) is 7.05 Å². The van der Waals surface area contributed by atoms with E-state index in [0.717, 1.165) is 18.8 Å². The van der Waals surface area contributed by atoms with Crippen molar-refractivity contribution in [1.29, 1.82) is 0 Å². The Hall–Kier alpha value is -1.74. The molecule has 0 radical (unpaired) electrons. The van der Waals surface area contributed by atoms with Crippen LogP contribution >= 0.6 is 0 Å². The van der Waals surface area contributed by atoms with Gasteiger partial charge in [0.2, 0.25) is 0 Å². The Bertz CT molecular complexity index is 372. The topological polar surface area (TPSA) is 29.0 Å². The van der Waals surface area contributed by atoms with E-state index in [2.05, 4.69) is 21.9 Å². The van der Waals surface area contributed by atoms with Crippen molar-refractivity contribution >= 4 is 0 Å². The summed E-state index contributed by atoms with van der Waals surface area (Å²) in [6.45, 7) is 1.78. The Morgan fingerprint density at radius 1 is 1.00 bits per heavy atom. The molecule has 3 heteroatoms. The van der Waals surface area contributed by atoms with E-state index in [1.165, 1.54) is 5.56 Å². The zero-order valence-corrected chi connectivity index (χ0v) is 9.37. The molecule has 82 valence electrons. The van der Waals surface area contributed by atoms with Crippen molar-refractivity contribution in [3.05, 3.63) is 60.2 Å². The van der Waals surface area contributed by atoms with Crippen molar-refractivity contribution in [3.8, 4) is 0 Å². The lowest BCUT2D eigenvalue weighted by atomic mass is 10.2. The van der Waals surface area contributed by atoms with E-state index in [-0.39, 0.29) is 0 Å². The van der Waals surface area contributed by atoms with Crippen LogP contribution in [0.5, 0.6) is 0 Å². The summed E-state index contributed by atoms with van der Waals surface area (Å²) in [5.74, 6) is 0. The zero-order chi connectivity index (χ0) is 11.2. The molecule has 2 aromatic heterocycles. The van der Waals surface area contributed by atoms with Crippen LogP contribution in [0.2, 0.25) is 0 Å². The predicted molar refractivity (Wildman–Crippen MR) is 63.6 cm³/mol. The van der Waals surface area contributed by atoms with Crippen LogP contribution in [0.3, 0.4) is 0 Å². The second-order valence-electron chi connectivity index (χ2n) is 3.85. The van der Waals surface area contributed by atoms with Crippen LogP contribution < -0.4 is 0 Å². The van der Waals surface area contributed by atoms with Crippen molar-refractivity contribution in [2.24, 2.45) is 0 Å². The van der Waals surface area contributed by atoms with Gasteiger partial charge in [-0.1, -0.05) is 6.07 Å². The Morgan fingerprint density at radius 3 is 2.50 bits per heavy atom. The molecule has 0 bridgehead atoms. The first-order valence-corrected chi connectivity index (χ1v) is 5.32. The zero-order valence-electron chi connectivity index (χ0n) is 9.37. The summed E-state index contributed by atoms with van der Waals surface area (Å²) in [5.41, 5.74) is 2.37. The average molecular weight is 213 g/mol. The fraction of sp³-hybridized carbons (Fsp3) is 0.231. The molecular formula is C13H15N3. The SMILES string of the molecule is CN(Cc1ccncc1)Cc1ccccn1. The molecule has 0 N–H and O–H groups in total. The quantitative estimate of drug-likeness (QED) is 0.779. The molecule has 0 amide bonds. The normalized spacial score (nSPS) is 10.6. The van der Waals surface area contributed by atoms with Crippen molar-refractivity contribution in [3.63, 3.8) is 0 Å². The lowest BCUT2D eigenvalue weighted by molar-refractivity contribution is 0.315. The van der Waals surface area contributed by atoms with E-state index in [1.807, 2.05) is 48.9 Å². The molecule has 0 fully saturated rings. The molecule has 2 heterocycles. The molecule has 0 unspecified atom stereocenters. The number of pyridine rings is 2. The molecule has 0 aliphatic heterocycles. The van der Waals surface area contributed by atoms with E-state index in [4.69, 9.17) is 0 Å². The molecule has 0 atom stereocenters. The number of hydrogen-bond acceptors (Lipinski definition) is 3. The molecule has 0 aliphatic rings. The molecular weight excluding hydrogens is 198 g/mol. The van der Waals surface area contributed by atoms with Gasteiger partial charge in [-0.25, -0.2) is 0 Å². The van der Waals surface area contributed by atoms with Gasteiger partial charge in [0.15, 0.2) is 0 Å². The first-order chi connectivity index (χ1) is 7.84. The van der Waals surface area contributed by atoms with E-state index in [9.17, 15) is 0 Å². The number of hydrogen-bond donors (Lipinski definition) is 0. The predicted octanol–water partition coefficient (Wildman–Crippen LogP) is 2.11. The molecule has 3 nitrogen and oxygen atoms in total. The van der Waals surface area contributed by atoms with Crippen LogP contribution in [0.1, 0.15) is 11.3 Å². The third-order valence-electron chi connectivity index (χ3n) is 2.36. The summed E-state index contributed by atoms with van der Waals surface area (Å²) in [5, 5.41) is 0. The smallest absolute Gasteiger partial charge is 0.0543 e. The summed E-state index contributed by atoms with van der Waals surface area (Å²) < 4.78 is 0. The first-order valence-electron chi connectivity index (χ1n) is 5.32. The highest BCUT2D eigenvalue weighted by Gasteiger charge is 2.01. The summed E-state index contributed by atoms with van der Waals surface area (Å²) in [6, 6.07) is 10.1. The standard InChI is InChI=1S/C13H15N3/c1-16(10-12-5-8-14-9-6-12)11-13-4-2-3-7-15-13/h2-9H,10-11H2,1H3. The van der Waals surface area contributed by atoms with E-state index in [0.29, 0.717) is 0 Å². The van der Waals surface area contributed by atoms with E-state index < -0.39 is 0 Å². The molecule has 0 aromatic carbocycles. The molecule has 2 rings (SSSR count). The Balaban J connectivity index is 1.92. The lowest BCUT2D eigenvalue weighted by Gasteiger charge is -2.15. The highest BCUT2D eigenvalue weighted by atomic mass is 15.1. The maximum Gasteiger partial charge on any atom is 0.0543 e. The molecule has 0 saturated heterocycles. The number of nitrogens with zero attached hydrogens (tertiary/aromatic N) is 3.